The number of carbonyl (C=O) groups excluding carboxylic acids is 2. The fourth-order valence-corrected chi connectivity index (χ4v) is 7.22. The zero-order valence-corrected chi connectivity index (χ0v) is 27.3. The van der Waals surface area contributed by atoms with Crippen molar-refractivity contribution < 1.29 is 27.8 Å². The Hall–Kier alpha value is -4.68. The number of rotatable bonds is 3. The van der Waals surface area contributed by atoms with Crippen molar-refractivity contribution >= 4 is 34.5 Å². The topological polar surface area (TPSA) is 98.0 Å². The van der Waals surface area contributed by atoms with Crippen molar-refractivity contribution in [1.82, 2.24) is 24.5 Å². The van der Waals surface area contributed by atoms with Crippen molar-refractivity contribution in [2.24, 2.45) is 0 Å². The fraction of sp³-hybridized carbons (Fsp3) is 0.471. The molecule has 2 aromatic heterocycles. The van der Waals surface area contributed by atoms with Crippen LogP contribution in [0, 0.1) is 25.5 Å². The highest BCUT2D eigenvalue weighted by Gasteiger charge is 2.49. The van der Waals surface area contributed by atoms with Gasteiger partial charge in [0.25, 0.3) is 0 Å². The molecule has 47 heavy (non-hydrogen) atoms. The van der Waals surface area contributed by atoms with E-state index >= 15 is 4.39 Å². The predicted octanol–water partition coefficient (Wildman–Crippen LogP) is 6.51. The van der Waals surface area contributed by atoms with E-state index < -0.39 is 35.6 Å². The van der Waals surface area contributed by atoms with Crippen molar-refractivity contribution in [2.75, 3.05) is 29.5 Å². The maximum Gasteiger partial charge on any atom is 0.410 e. The number of amides is 3. The van der Waals surface area contributed by atoms with E-state index in [1.165, 1.54) is 11.0 Å². The average Bonchev–Trinajstić information content (AvgIpc) is 3.50. The normalized spacial score (nSPS) is 20.8. The van der Waals surface area contributed by atoms with Gasteiger partial charge in [-0.05, 0) is 77.6 Å². The molecule has 11 nitrogen and oxygen atoms in total. The second-order valence-corrected chi connectivity index (χ2v) is 14.1. The van der Waals surface area contributed by atoms with Crippen molar-refractivity contribution in [1.29, 1.82) is 0 Å². The Morgan fingerprint density at radius 1 is 1.09 bits per heavy atom. The first-order chi connectivity index (χ1) is 22.3. The van der Waals surface area contributed by atoms with E-state index in [-0.39, 0.29) is 30.7 Å². The van der Waals surface area contributed by atoms with Gasteiger partial charge in [0.15, 0.2) is 11.6 Å². The zero-order valence-electron chi connectivity index (χ0n) is 27.3. The third-order valence-electron chi connectivity index (χ3n) is 9.53. The van der Waals surface area contributed by atoms with Gasteiger partial charge in [0.2, 0.25) is 0 Å². The summed E-state index contributed by atoms with van der Waals surface area (Å²) in [5, 5.41) is 10.1. The largest absolute Gasteiger partial charge is 0.488 e. The Labute approximate surface area is 270 Å². The molecule has 2 atom stereocenters. The van der Waals surface area contributed by atoms with E-state index in [0.29, 0.717) is 57.8 Å². The molecule has 2 fully saturated rings. The SMILES string of the molecule is Cc1cc(-n2nc3c(c2N2C[C@@H]4COc5c(c(F)cc6c5cnn6C5CC5)N4C2=O)[C@H](C)N(C(=O)OC(C)(C)C)CC3)cc(C)c1F. The number of benzene rings is 2. The van der Waals surface area contributed by atoms with Crippen LogP contribution in [0.4, 0.5) is 29.9 Å². The molecule has 1 saturated carbocycles. The number of urea groups is 1. The highest BCUT2D eigenvalue weighted by Crippen LogP contribution is 2.48. The molecule has 246 valence electrons. The summed E-state index contributed by atoms with van der Waals surface area (Å²) in [5.74, 6) is -0.107. The van der Waals surface area contributed by atoms with Gasteiger partial charge in [-0.25, -0.2) is 23.1 Å². The van der Waals surface area contributed by atoms with Gasteiger partial charge >= 0.3 is 12.1 Å². The predicted molar refractivity (Wildman–Crippen MR) is 171 cm³/mol. The third kappa shape index (κ3) is 4.56. The molecule has 0 N–H and O–H groups in total. The standard InChI is InChI=1S/C34H37F2N7O4/c1-17-11-21(12-18(2)28(17)36)43-31(27-19(3)39(10-9-25(27)38-43)33(45)47-34(4,5)6)40-15-22-16-46-30-23-14-37-42(20-7-8-20)26(23)13-24(35)29(30)41(22)32(40)44/h11-14,19-20,22H,7-10,15-16H2,1-6H3/t19-,22+/m0/s1. The second-order valence-electron chi connectivity index (χ2n) is 14.1. The summed E-state index contributed by atoms with van der Waals surface area (Å²) in [7, 11) is 0. The van der Waals surface area contributed by atoms with Crippen LogP contribution in [0.2, 0.25) is 0 Å². The Morgan fingerprint density at radius 2 is 1.81 bits per heavy atom. The van der Waals surface area contributed by atoms with Gasteiger partial charge < -0.3 is 14.4 Å². The van der Waals surface area contributed by atoms with E-state index in [1.807, 2.05) is 32.4 Å². The van der Waals surface area contributed by atoms with Crippen LogP contribution < -0.4 is 14.5 Å². The van der Waals surface area contributed by atoms with Gasteiger partial charge in [-0.1, -0.05) is 0 Å². The summed E-state index contributed by atoms with van der Waals surface area (Å²) in [5.41, 5.74) is 2.92. The minimum absolute atomic E-state index is 0.0911. The molecule has 2 aromatic carbocycles. The summed E-state index contributed by atoms with van der Waals surface area (Å²) in [6.45, 7) is 11.4. The minimum atomic E-state index is -0.695. The van der Waals surface area contributed by atoms with Gasteiger partial charge in [0, 0.05) is 24.6 Å². The summed E-state index contributed by atoms with van der Waals surface area (Å²) in [4.78, 5) is 32.6. The molecule has 0 unspecified atom stereocenters. The van der Waals surface area contributed by atoms with Crippen LogP contribution in [-0.4, -0.2) is 67.9 Å². The lowest BCUT2D eigenvalue weighted by atomic mass is 9.99. The van der Waals surface area contributed by atoms with E-state index in [4.69, 9.17) is 14.6 Å². The lowest BCUT2D eigenvalue weighted by Crippen LogP contribution is -2.43. The smallest absolute Gasteiger partial charge is 0.410 e. The van der Waals surface area contributed by atoms with E-state index in [9.17, 15) is 14.0 Å². The van der Waals surface area contributed by atoms with Gasteiger partial charge in [-0.3, -0.25) is 14.5 Å². The fourth-order valence-electron chi connectivity index (χ4n) is 7.22. The summed E-state index contributed by atoms with van der Waals surface area (Å²) >= 11 is 0. The van der Waals surface area contributed by atoms with Gasteiger partial charge in [-0.2, -0.15) is 10.2 Å². The first-order valence-electron chi connectivity index (χ1n) is 16.1. The first-order valence-corrected chi connectivity index (χ1v) is 16.1. The molecule has 5 heterocycles. The Bertz CT molecular complexity index is 1970. The quantitative estimate of drug-likeness (QED) is 0.252. The molecule has 13 heteroatoms. The third-order valence-corrected chi connectivity index (χ3v) is 9.53. The van der Waals surface area contributed by atoms with Crippen molar-refractivity contribution in [2.45, 2.75) is 84.5 Å². The van der Waals surface area contributed by atoms with Crippen LogP contribution in [0.15, 0.2) is 24.4 Å². The number of ether oxygens (including phenoxy) is 2. The number of aryl methyl sites for hydroxylation is 2. The molecular formula is C34H37F2N7O4. The van der Waals surface area contributed by atoms with E-state index in [0.717, 1.165) is 18.5 Å². The molecule has 8 rings (SSSR count). The maximum atomic E-state index is 16.1. The summed E-state index contributed by atoms with van der Waals surface area (Å²) in [6, 6.07) is 3.65. The van der Waals surface area contributed by atoms with Crippen LogP contribution in [-0.2, 0) is 11.2 Å². The molecule has 1 aliphatic carbocycles. The lowest BCUT2D eigenvalue weighted by molar-refractivity contribution is 0.0160. The van der Waals surface area contributed by atoms with E-state index in [2.05, 4.69) is 5.10 Å². The van der Waals surface area contributed by atoms with Gasteiger partial charge in [-0.15, -0.1) is 0 Å². The highest BCUT2D eigenvalue weighted by molar-refractivity contribution is 6.10. The Kier molecular flexibility index (Phi) is 6.42. The van der Waals surface area contributed by atoms with Crippen LogP contribution in [0.25, 0.3) is 16.6 Å². The molecular weight excluding hydrogens is 608 g/mol. The number of fused-ring (bicyclic) bond motifs is 6. The maximum absolute atomic E-state index is 16.1. The van der Waals surface area contributed by atoms with Crippen molar-refractivity contribution in [3.8, 4) is 11.4 Å². The number of aromatic nitrogens is 4. The molecule has 0 bridgehead atoms. The molecule has 4 aromatic rings. The molecule has 0 spiro atoms. The van der Waals surface area contributed by atoms with Crippen molar-refractivity contribution in [3.05, 3.63) is 58.4 Å². The first kappa shape index (κ1) is 29.7. The number of hydrogen-bond donors (Lipinski definition) is 0. The van der Waals surface area contributed by atoms with Crippen LogP contribution in [0.3, 0.4) is 0 Å². The number of nitrogens with zero attached hydrogens (tertiary/aromatic N) is 7. The molecule has 0 radical (unpaired) electrons. The van der Waals surface area contributed by atoms with Gasteiger partial charge in [0.1, 0.15) is 29.5 Å². The number of carbonyl (C=O) groups is 2. The summed E-state index contributed by atoms with van der Waals surface area (Å²) in [6.07, 6.45) is 3.63. The molecule has 3 aliphatic heterocycles. The van der Waals surface area contributed by atoms with Gasteiger partial charge in [0.05, 0.1) is 53.2 Å². The van der Waals surface area contributed by atoms with Crippen LogP contribution in [0.5, 0.6) is 5.75 Å². The molecule has 3 amide bonds. The van der Waals surface area contributed by atoms with Crippen LogP contribution in [0.1, 0.15) is 75.0 Å². The number of hydrogen-bond acceptors (Lipinski definition) is 6. The molecule has 1 saturated heterocycles. The Morgan fingerprint density at radius 3 is 2.49 bits per heavy atom. The average molecular weight is 646 g/mol. The summed E-state index contributed by atoms with van der Waals surface area (Å²) < 4.78 is 46.3. The minimum Gasteiger partial charge on any atom is -0.488 e. The Balaban J connectivity index is 1.25. The lowest BCUT2D eigenvalue weighted by Gasteiger charge is -2.35. The zero-order chi connectivity index (χ0) is 33.1. The number of anilines is 2. The molecule has 4 aliphatic rings. The van der Waals surface area contributed by atoms with Crippen LogP contribution >= 0.6 is 0 Å². The number of halogens is 2. The van der Waals surface area contributed by atoms with E-state index in [1.54, 1.807) is 46.7 Å². The second kappa shape index (κ2) is 10.2. The van der Waals surface area contributed by atoms with Crippen molar-refractivity contribution in [3.63, 3.8) is 0 Å². The monoisotopic (exact) mass is 645 g/mol. The highest BCUT2D eigenvalue weighted by atomic mass is 19.1.